The van der Waals surface area contributed by atoms with Crippen LogP contribution in [-0.2, 0) is 0 Å². The largest absolute Gasteiger partial charge is 0.369 e. The number of rotatable bonds is 4. The van der Waals surface area contributed by atoms with Gasteiger partial charge in [-0.05, 0) is 31.5 Å². The van der Waals surface area contributed by atoms with Crippen LogP contribution in [0.5, 0.6) is 0 Å². The Labute approximate surface area is 121 Å². The normalized spacial score (nSPS) is 11.0. The van der Waals surface area contributed by atoms with Gasteiger partial charge in [0.15, 0.2) is 5.65 Å². The van der Waals surface area contributed by atoms with Crippen LogP contribution in [-0.4, -0.2) is 26.3 Å². The van der Waals surface area contributed by atoms with Gasteiger partial charge in [0.25, 0.3) is 0 Å². The number of aromatic nitrogens is 4. The van der Waals surface area contributed by atoms with Crippen LogP contribution in [0.3, 0.4) is 0 Å². The molecule has 1 N–H and O–H groups in total. The number of hydrogen-bond donors (Lipinski definition) is 1. The molecular weight excluding hydrogens is 269 g/mol. The Hall–Kier alpha value is -2.50. The number of aryl methyl sites for hydroxylation is 1. The first-order chi connectivity index (χ1) is 10.2. The molecule has 5 nitrogen and oxygen atoms in total. The molecule has 0 unspecified atom stereocenters. The van der Waals surface area contributed by atoms with Gasteiger partial charge in [0, 0.05) is 6.54 Å². The molecule has 3 rings (SSSR count). The molecule has 0 saturated carbocycles. The molecule has 0 aliphatic carbocycles. The van der Waals surface area contributed by atoms with Crippen LogP contribution >= 0.6 is 0 Å². The molecule has 6 heteroatoms. The zero-order valence-electron chi connectivity index (χ0n) is 12.0. The monoisotopic (exact) mass is 285 g/mol. The summed E-state index contributed by atoms with van der Waals surface area (Å²) >= 11 is 0. The zero-order chi connectivity index (χ0) is 14.8. The predicted octanol–water partition coefficient (Wildman–Crippen LogP) is 3.08. The minimum absolute atomic E-state index is 0.299. The third-order valence-electron chi connectivity index (χ3n) is 3.23. The molecule has 21 heavy (non-hydrogen) atoms. The van der Waals surface area contributed by atoms with Crippen molar-refractivity contribution in [3.8, 4) is 5.69 Å². The van der Waals surface area contributed by atoms with Crippen LogP contribution in [0.15, 0.2) is 30.6 Å². The van der Waals surface area contributed by atoms with Gasteiger partial charge < -0.3 is 5.32 Å². The fourth-order valence-corrected chi connectivity index (χ4v) is 2.28. The van der Waals surface area contributed by atoms with E-state index < -0.39 is 0 Å². The maximum absolute atomic E-state index is 13.4. The molecule has 0 saturated heterocycles. The Morgan fingerprint density at radius 1 is 1.29 bits per heavy atom. The number of hydrogen-bond acceptors (Lipinski definition) is 4. The molecule has 0 spiro atoms. The number of nitrogens with one attached hydrogen (secondary N) is 1. The van der Waals surface area contributed by atoms with Crippen molar-refractivity contribution >= 4 is 16.9 Å². The van der Waals surface area contributed by atoms with Gasteiger partial charge in [-0.3, -0.25) is 0 Å². The smallest absolute Gasteiger partial charge is 0.168 e. The van der Waals surface area contributed by atoms with Crippen molar-refractivity contribution in [2.24, 2.45) is 0 Å². The number of anilines is 1. The highest BCUT2D eigenvalue weighted by Gasteiger charge is 2.15. The molecule has 0 bridgehead atoms. The number of benzene rings is 1. The first kappa shape index (κ1) is 13.5. The van der Waals surface area contributed by atoms with E-state index in [1.165, 1.54) is 18.5 Å². The van der Waals surface area contributed by atoms with Gasteiger partial charge in [-0.2, -0.15) is 5.10 Å². The van der Waals surface area contributed by atoms with Crippen LogP contribution < -0.4 is 5.32 Å². The molecule has 2 heterocycles. The average Bonchev–Trinajstić information content (AvgIpc) is 2.83. The SMILES string of the molecule is CCCNc1ncnc2c1c(C)nn2-c1cccc(F)c1. The lowest BCUT2D eigenvalue weighted by molar-refractivity contribution is 0.625. The second kappa shape index (κ2) is 5.47. The fourth-order valence-electron chi connectivity index (χ4n) is 2.28. The maximum atomic E-state index is 13.4. The summed E-state index contributed by atoms with van der Waals surface area (Å²) in [5.41, 5.74) is 2.13. The third kappa shape index (κ3) is 2.44. The van der Waals surface area contributed by atoms with Gasteiger partial charge in [-0.25, -0.2) is 19.0 Å². The molecular formula is C15H16FN5. The summed E-state index contributed by atoms with van der Waals surface area (Å²) in [4.78, 5) is 8.58. The lowest BCUT2D eigenvalue weighted by Gasteiger charge is -2.05. The number of fused-ring (bicyclic) bond motifs is 1. The highest BCUT2D eigenvalue weighted by molar-refractivity contribution is 5.90. The lowest BCUT2D eigenvalue weighted by Crippen LogP contribution is -2.03. The van der Waals surface area contributed by atoms with E-state index in [4.69, 9.17) is 0 Å². The first-order valence-corrected chi connectivity index (χ1v) is 6.91. The Morgan fingerprint density at radius 3 is 2.90 bits per heavy atom. The molecule has 0 aliphatic heterocycles. The highest BCUT2D eigenvalue weighted by Crippen LogP contribution is 2.25. The molecule has 1 aromatic carbocycles. The van der Waals surface area contributed by atoms with Crippen LogP contribution in [0.2, 0.25) is 0 Å². The van der Waals surface area contributed by atoms with E-state index in [9.17, 15) is 4.39 Å². The van der Waals surface area contributed by atoms with E-state index in [1.54, 1.807) is 16.8 Å². The molecule has 0 radical (unpaired) electrons. The highest BCUT2D eigenvalue weighted by atomic mass is 19.1. The Bertz CT molecular complexity index is 781. The second-order valence-electron chi connectivity index (χ2n) is 4.82. The van der Waals surface area contributed by atoms with E-state index in [1.807, 2.05) is 6.92 Å². The summed E-state index contributed by atoms with van der Waals surface area (Å²) in [6.07, 6.45) is 2.50. The van der Waals surface area contributed by atoms with Gasteiger partial charge in [0.1, 0.15) is 18.0 Å². The van der Waals surface area contributed by atoms with Crippen molar-refractivity contribution < 1.29 is 4.39 Å². The number of halogens is 1. The average molecular weight is 285 g/mol. The zero-order valence-corrected chi connectivity index (χ0v) is 12.0. The van der Waals surface area contributed by atoms with Gasteiger partial charge in [-0.1, -0.05) is 13.0 Å². The van der Waals surface area contributed by atoms with Crippen LogP contribution in [0.4, 0.5) is 10.2 Å². The summed E-state index contributed by atoms with van der Waals surface area (Å²) in [6.45, 7) is 4.82. The Kier molecular flexibility index (Phi) is 3.51. The van der Waals surface area contributed by atoms with Crippen LogP contribution in [0.1, 0.15) is 19.0 Å². The summed E-state index contributed by atoms with van der Waals surface area (Å²) in [6, 6.07) is 6.31. The molecule has 2 aromatic heterocycles. The minimum Gasteiger partial charge on any atom is -0.369 e. The van der Waals surface area contributed by atoms with Gasteiger partial charge in [0.05, 0.1) is 16.8 Å². The number of nitrogens with zero attached hydrogens (tertiary/aromatic N) is 4. The van der Waals surface area contributed by atoms with E-state index in [-0.39, 0.29) is 5.82 Å². The molecule has 0 aliphatic rings. The molecule has 3 aromatic rings. The van der Waals surface area contributed by atoms with Crippen molar-refractivity contribution in [1.29, 1.82) is 0 Å². The standard InChI is InChI=1S/C15H16FN5/c1-3-7-17-14-13-10(2)20-21(15(13)19-9-18-14)12-6-4-5-11(16)8-12/h4-6,8-9H,3,7H2,1-2H3,(H,17,18,19). The Balaban J connectivity index is 2.17. The fraction of sp³-hybridized carbons (Fsp3) is 0.267. The van der Waals surface area contributed by atoms with Crippen LogP contribution in [0.25, 0.3) is 16.7 Å². The van der Waals surface area contributed by atoms with E-state index in [0.717, 1.165) is 29.9 Å². The molecule has 0 fully saturated rings. The van der Waals surface area contributed by atoms with E-state index >= 15 is 0 Å². The molecule has 0 atom stereocenters. The Morgan fingerprint density at radius 2 is 2.14 bits per heavy atom. The molecule has 108 valence electrons. The van der Waals surface area contributed by atoms with Crippen LogP contribution in [0, 0.1) is 12.7 Å². The van der Waals surface area contributed by atoms with Gasteiger partial charge in [-0.15, -0.1) is 0 Å². The van der Waals surface area contributed by atoms with E-state index in [0.29, 0.717) is 11.3 Å². The molecule has 0 amide bonds. The third-order valence-corrected chi connectivity index (χ3v) is 3.23. The van der Waals surface area contributed by atoms with E-state index in [2.05, 4.69) is 27.3 Å². The summed E-state index contributed by atoms with van der Waals surface area (Å²) in [7, 11) is 0. The maximum Gasteiger partial charge on any atom is 0.168 e. The van der Waals surface area contributed by atoms with Crippen molar-refractivity contribution in [3.05, 3.63) is 42.1 Å². The lowest BCUT2D eigenvalue weighted by atomic mass is 10.3. The predicted molar refractivity (Wildman–Crippen MR) is 80.1 cm³/mol. The second-order valence-corrected chi connectivity index (χ2v) is 4.82. The quantitative estimate of drug-likeness (QED) is 0.800. The van der Waals surface area contributed by atoms with Gasteiger partial charge >= 0.3 is 0 Å². The van der Waals surface area contributed by atoms with Crippen molar-refractivity contribution in [2.75, 3.05) is 11.9 Å². The first-order valence-electron chi connectivity index (χ1n) is 6.91. The summed E-state index contributed by atoms with van der Waals surface area (Å²) in [5.74, 6) is 0.467. The van der Waals surface area contributed by atoms with Gasteiger partial charge in [0.2, 0.25) is 0 Å². The van der Waals surface area contributed by atoms with Crippen molar-refractivity contribution in [3.63, 3.8) is 0 Å². The van der Waals surface area contributed by atoms with Crippen molar-refractivity contribution in [2.45, 2.75) is 20.3 Å². The summed E-state index contributed by atoms with van der Waals surface area (Å²) < 4.78 is 15.1. The minimum atomic E-state index is -0.299. The van der Waals surface area contributed by atoms with Crippen molar-refractivity contribution in [1.82, 2.24) is 19.7 Å². The topological polar surface area (TPSA) is 55.6 Å². The summed E-state index contributed by atoms with van der Waals surface area (Å²) in [5, 5.41) is 8.62.